The van der Waals surface area contributed by atoms with Crippen LogP contribution in [0.15, 0.2) is 72.8 Å². The zero-order valence-electron chi connectivity index (χ0n) is 13.5. The van der Waals surface area contributed by atoms with Crippen LogP contribution in [0.2, 0.25) is 10.0 Å². The van der Waals surface area contributed by atoms with E-state index in [9.17, 15) is 9.59 Å². The highest BCUT2D eigenvalue weighted by Gasteiger charge is 2.12. The lowest BCUT2D eigenvalue weighted by Gasteiger charge is -2.09. The summed E-state index contributed by atoms with van der Waals surface area (Å²) in [6.45, 7) is 0. The van der Waals surface area contributed by atoms with Crippen molar-refractivity contribution >= 4 is 46.4 Å². The SMILES string of the molecule is O=C(Nc1ccccc1)c1ccc(NC(=O)c2ccc(Cl)cc2Cl)cc1. The van der Waals surface area contributed by atoms with E-state index in [-0.39, 0.29) is 16.8 Å². The lowest BCUT2D eigenvalue weighted by molar-refractivity contribution is 0.102. The summed E-state index contributed by atoms with van der Waals surface area (Å²) in [7, 11) is 0. The number of amides is 2. The van der Waals surface area contributed by atoms with Crippen molar-refractivity contribution in [1.82, 2.24) is 0 Å². The molecule has 0 saturated heterocycles. The van der Waals surface area contributed by atoms with Crippen LogP contribution in [0.25, 0.3) is 0 Å². The fourth-order valence-corrected chi connectivity index (χ4v) is 2.80. The average molecular weight is 385 g/mol. The maximum Gasteiger partial charge on any atom is 0.257 e. The van der Waals surface area contributed by atoms with Crippen LogP contribution in [-0.4, -0.2) is 11.8 Å². The Balaban J connectivity index is 1.67. The molecular formula is C20H14Cl2N2O2. The second kappa shape index (κ2) is 8.04. The molecule has 0 unspecified atom stereocenters. The van der Waals surface area contributed by atoms with Gasteiger partial charge in [-0.25, -0.2) is 0 Å². The third kappa shape index (κ3) is 4.42. The van der Waals surface area contributed by atoms with E-state index >= 15 is 0 Å². The van der Waals surface area contributed by atoms with Crippen LogP contribution >= 0.6 is 23.2 Å². The molecule has 2 N–H and O–H groups in total. The van der Waals surface area contributed by atoms with Crippen LogP contribution in [0, 0.1) is 0 Å². The van der Waals surface area contributed by atoms with Crippen molar-refractivity contribution in [1.29, 1.82) is 0 Å². The Kier molecular flexibility index (Phi) is 5.56. The highest BCUT2D eigenvalue weighted by molar-refractivity contribution is 6.37. The highest BCUT2D eigenvalue weighted by Crippen LogP contribution is 2.22. The summed E-state index contributed by atoms with van der Waals surface area (Å²) in [5.41, 5.74) is 2.07. The van der Waals surface area contributed by atoms with Crippen LogP contribution in [0.4, 0.5) is 11.4 Å². The summed E-state index contributed by atoms with van der Waals surface area (Å²) in [6.07, 6.45) is 0. The van der Waals surface area contributed by atoms with Gasteiger partial charge in [-0.2, -0.15) is 0 Å². The Bertz CT molecular complexity index is 942. The van der Waals surface area contributed by atoms with E-state index in [2.05, 4.69) is 10.6 Å². The molecule has 0 heterocycles. The quantitative estimate of drug-likeness (QED) is 0.623. The van der Waals surface area contributed by atoms with Crippen LogP contribution in [0.5, 0.6) is 0 Å². The second-order valence-electron chi connectivity index (χ2n) is 5.48. The molecule has 0 atom stereocenters. The van der Waals surface area contributed by atoms with E-state index < -0.39 is 0 Å². The molecule has 3 aromatic rings. The van der Waals surface area contributed by atoms with E-state index in [1.807, 2.05) is 30.3 Å². The third-order valence-corrected chi connectivity index (χ3v) is 4.16. The molecule has 6 heteroatoms. The van der Waals surface area contributed by atoms with Gasteiger partial charge in [0.1, 0.15) is 0 Å². The minimum Gasteiger partial charge on any atom is -0.322 e. The van der Waals surface area contributed by atoms with Gasteiger partial charge in [0.05, 0.1) is 10.6 Å². The number of para-hydroxylation sites is 1. The van der Waals surface area contributed by atoms with Crippen molar-refractivity contribution in [2.75, 3.05) is 10.6 Å². The smallest absolute Gasteiger partial charge is 0.257 e. The Labute approximate surface area is 160 Å². The first-order chi connectivity index (χ1) is 12.5. The molecular weight excluding hydrogens is 371 g/mol. The molecule has 2 amide bonds. The second-order valence-corrected chi connectivity index (χ2v) is 6.32. The summed E-state index contributed by atoms with van der Waals surface area (Å²) in [5.74, 6) is -0.581. The minimum absolute atomic E-state index is 0.227. The normalized spacial score (nSPS) is 10.2. The lowest BCUT2D eigenvalue weighted by atomic mass is 10.1. The van der Waals surface area contributed by atoms with E-state index in [1.165, 1.54) is 6.07 Å². The maximum absolute atomic E-state index is 12.3. The van der Waals surface area contributed by atoms with Gasteiger partial charge in [0.15, 0.2) is 0 Å². The molecule has 0 bridgehead atoms. The largest absolute Gasteiger partial charge is 0.322 e. The molecule has 3 rings (SSSR count). The van der Waals surface area contributed by atoms with Crippen molar-refractivity contribution < 1.29 is 9.59 Å². The summed E-state index contributed by atoms with van der Waals surface area (Å²) >= 11 is 11.9. The zero-order valence-corrected chi connectivity index (χ0v) is 15.0. The van der Waals surface area contributed by atoms with Gasteiger partial charge in [-0.15, -0.1) is 0 Å². The van der Waals surface area contributed by atoms with E-state index in [0.717, 1.165) is 0 Å². The molecule has 0 saturated carbocycles. The van der Waals surface area contributed by atoms with Crippen molar-refractivity contribution in [2.45, 2.75) is 0 Å². The van der Waals surface area contributed by atoms with Crippen LogP contribution in [-0.2, 0) is 0 Å². The highest BCUT2D eigenvalue weighted by atomic mass is 35.5. The van der Waals surface area contributed by atoms with Gasteiger partial charge in [-0.1, -0.05) is 41.4 Å². The Morgan fingerprint density at radius 3 is 1.96 bits per heavy atom. The predicted octanol–water partition coefficient (Wildman–Crippen LogP) is 5.50. The molecule has 0 spiro atoms. The fourth-order valence-electron chi connectivity index (χ4n) is 2.30. The number of anilines is 2. The van der Waals surface area contributed by atoms with Gasteiger partial charge in [0, 0.05) is 22.0 Å². The molecule has 0 aromatic heterocycles. The van der Waals surface area contributed by atoms with Crippen LogP contribution < -0.4 is 10.6 Å². The summed E-state index contributed by atoms with van der Waals surface area (Å²) in [6, 6.07) is 20.4. The number of halogens is 2. The van der Waals surface area contributed by atoms with Crippen LogP contribution in [0.1, 0.15) is 20.7 Å². The predicted molar refractivity (Wildman–Crippen MR) is 105 cm³/mol. The zero-order chi connectivity index (χ0) is 18.5. The average Bonchev–Trinajstić information content (AvgIpc) is 2.63. The molecule has 0 aliphatic carbocycles. The Morgan fingerprint density at radius 1 is 0.692 bits per heavy atom. The molecule has 0 aliphatic rings. The van der Waals surface area contributed by atoms with Crippen molar-refractivity contribution in [2.24, 2.45) is 0 Å². The number of hydrogen-bond donors (Lipinski definition) is 2. The summed E-state index contributed by atoms with van der Waals surface area (Å²) in [4.78, 5) is 24.5. The number of hydrogen-bond acceptors (Lipinski definition) is 2. The lowest BCUT2D eigenvalue weighted by Crippen LogP contribution is -2.14. The van der Waals surface area contributed by atoms with Gasteiger partial charge < -0.3 is 10.6 Å². The van der Waals surface area contributed by atoms with Gasteiger partial charge in [-0.3, -0.25) is 9.59 Å². The van der Waals surface area contributed by atoms with E-state index in [4.69, 9.17) is 23.2 Å². The minimum atomic E-state index is -0.354. The number of benzene rings is 3. The molecule has 0 aliphatic heterocycles. The number of carbonyl (C=O) groups excluding carboxylic acids is 2. The molecule has 0 radical (unpaired) electrons. The number of carbonyl (C=O) groups is 2. The van der Waals surface area contributed by atoms with E-state index in [0.29, 0.717) is 27.5 Å². The molecule has 0 fully saturated rings. The van der Waals surface area contributed by atoms with Crippen molar-refractivity contribution in [3.63, 3.8) is 0 Å². The number of rotatable bonds is 4. The monoisotopic (exact) mass is 384 g/mol. The molecule has 4 nitrogen and oxygen atoms in total. The topological polar surface area (TPSA) is 58.2 Å². The Hall–Kier alpha value is -2.82. The summed E-state index contributed by atoms with van der Waals surface area (Å²) < 4.78 is 0. The fraction of sp³-hybridized carbons (Fsp3) is 0. The van der Waals surface area contributed by atoms with Crippen molar-refractivity contribution in [3.05, 3.63) is 94.0 Å². The molecule has 130 valence electrons. The Morgan fingerprint density at radius 2 is 1.31 bits per heavy atom. The number of nitrogens with one attached hydrogen (secondary N) is 2. The maximum atomic E-state index is 12.3. The van der Waals surface area contributed by atoms with Gasteiger partial charge in [0.25, 0.3) is 11.8 Å². The first-order valence-corrected chi connectivity index (χ1v) is 8.51. The third-order valence-electron chi connectivity index (χ3n) is 3.61. The van der Waals surface area contributed by atoms with E-state index in [1.54, 1.807) is 36.4 Å². The first kappa shape index (κ1) is 18.0. The van der Waals surface area contributed by atoms with Crippen molar-refractivity contribution in [3.8, 4) is 0 Å². The van der Waals surface area contributed by atoms with Gasteiger partial charge in [0.2, 0.25) is 0 Å². The standard InChI is InChI=1S/C20H14Cl2N2O2/c21-14-8-11-17(18(22)12-14)20(26)24-16-9-6-13(7-10-16)19(25)23-15-4-2-1-3-5-15/h1-12H,(H,23,25)(H,24,26). The van der Waals surface area contributed by atoms with Gasteiger partial charge in [-0.05, 0) is 54.6 Å². The van der Waals surface area contributed by atoms with Crippen LogP contribution in [0.3, 0.4) is 0 Å². The van der Waals surface area contributed by atoms with Gasteiger partial charge >= 0.3 is 0 Å². The molecule has 3 aromatic carbocycles. The summed E-state index contributed by atoms with van der Waals surface area (Å²) in [5, 5.41) is 6.27. The first-order valence-electron chi connectivity index (χ1n) is 7.76. The molecule has 26 heavy (non-hydrogen) atoms.